The van der Waals surface area contributed by atoms with Gasteiger partial charge in [0, 0.05) is 67.4 Å². The summed E-state index contributed by atoms with van der Waals surface area (Å²) in [6.45, 7) is 5.40. The quantitative estimate of drug-likeness (QED) is 0.136. The van der Waals surface area contributed by atoms with Gasteiger partial charge >= 0.3 is 5.97 Å². The number of benzene rings is 2. The van der Waals surface area contributed by atoms with Crippen LogP contribution in [0.25, 0.3) is 22.4 Å². The minimum Gasteiger partial charge on any atom is -0.481 e. The van der Waals surface area contributed by atoms with Crippen LogP contribution in [0.2, 0.25) is 10.0 Å². The number of aromatic nitrogens is 2. The monoisotopic (exact) mass is 771 g/mol. The molecule has 2 aromatic carbocycles. The SMILES string of the molecule is COc1nc(O[C@H]2CCc3c(-c4cccc(-c5cc(C)c(CN6C[C@@H]7[C@H](C6)[C@H]7C(=O)O)c(OC)n5)c4Cl)cccc32)c(Cl)cc1CNC[C@@H]1CCC(=O)N1. The zero-order valence-electron chi connectivity index (χ0n) is 30.5. The molecule has 0 unspecified atom stereocenters. The standard InChI is InChI=1S/C41H43Cl2N5O6/c1-21-14-33(46-39(53-3)29(21)18-48-19-30-31(20-48)36(30)41(50)51)28-9-5-8-27(37(28)43)24-6-4-7-26-25(24)11-12-34(26)54-40-32(42)15-22(38(47-40)52-2)16-44-17-23-10-13-35(49)45-23/h4-9,14-15,23,30-31,34,36,44H,10-13,16-20H2,1-3H3,(H,45,49)(H,50,51)/t23-,30-,31+,34-,36+/m0/s1. The fraction of sp³-hybridized carbons (Fsp3) is 0.415. The first kappa shape index (κ1) is 36.6. The Morgan fingerprint density at radius 1 is 0.963 bits per heavy atom. The lowest BCUT2D eigenvalue weighted by Gasteiger charge is -2.22. The number of methoxy groups -OCH3 is 2. The van der Waals surface area contributed by atoms with E-state index in [0.717, 1.165) is 82.6 Å². The van der Waals surface area contributed by atoms with Crippen LogP contribution in [0.3, 0.4) is 0 Å². The predicted molar refractivity (Wildman–Crippen MR) is 205 cm³/mol. The molecule has 2 saturated heterocycles. The van der Waals surface area contributed by atoms with Crippen LogP contribution in [-0.4, -0.2) is 71.7 Å². The van der Waals surface area contributed by atoms with Crippen molar-refractivity contribution < 1.29 is 28.9 Å². The van der Waals surface area contributed by atoms with Crippen molar-refractivity contribution in [1.82, 2.24) is 25.5 Å². The molecule has 3 fully saturated rings. The maximum absolute atomic E-state index is 11.5. The first-order valence-electron chi connectivity index (χ1n) is 18.4. The van der Waals surface area contributed by atoms with Crippen molar-refractivity contribution >= 4 is 35.1 Å². The molecule has 5 atom stereocenters. The second-order valence-corrected chi connectivity index (χ2v) is 15.5. The van der Waals surface area contributed by atoms with Crippen LogP contribution < -0.4 is 24.8 Å². The van der Waals surface area contributed by atoms with Crippen molar-refractivity contribution in [2.24, 2.45) is 17.8 Å². The number of ether oxygens (including phenoxy) is 3. The molecule has 0 bridgehead atoms. The number of likely N-dealkylation sites (tertiary alicyclic amines) is 1. The lowest BCUT2D eigenvalue weighted by molar-refractivity contribution is -0.139. The highest BCUT2D eigenvalue weighted by atomic mass is 35.5. The van der Waals surface area contributed by atoms with Gasteiger partial charge in [-0.05, 0) is 72.4 Å². The maximum Gasteiger partial charge on any atom is 0.307 e. The minimum atomic E-state index is -0.680. The Bertz CT molecular complexity index is 2120. The Kier molecular flexibility index (Phi) is 10.2. The number of hydrogen-bond donors (Lipinski definition) is 3. The number of nitrogens with zero attached hydrogens (tertiary/aromatic N) is 3. The summed E-state index contributed by atoms with van der Waals surface area (Å²) in [6, 6.07) is 16.2. The number of aryl methyl sites for hydroxylation is 1. The lowest BCUT2D eigenvalue weighted by Crippen LogP contribution is -2.35. The molecule has 13 heteroatoms. The molecule has 1 amide bonds. The van der Waals surface area contributed by atoms with Gasteiger partial charge in [-0.1, -0.05) is 59.6 Å². The Balaban J connectivity index is 0.997. The van der Waals surface area contributed by atoms with E-state index in [1.807, 2.05) is 30.3 Å². The van der Waals surface area contributed by atoms with Gasteiger partial charge in [-0.3, -0.25) is 14.5 Å². The number of carboxylic acid groups (broad SMARTS) is 1. The van der Waals surface area contributed by atoms with E-state index in [4.69, 9.17) is 42.4 Å². The van der Waals surface area contributed by atoms with Gasteiger partial charge in [0.05, 0.1) is 30.9 Å². The number of carbonyl (C=O) groups excluding carboxylic acids is 1. The highest BCUT2D eigenvalue weighted by Crippen LogP contribution is 2.52. The highest BCUT2D eigenvalue weighted by Gasteiger charge is 2.59. The van der Waals surface area contributed by atoms with Crippen molar-refractivity contribution in [3.8, 4) is 40.0 Å². The van der Waals surface area contributed by atoms with Crippen LogP contribution in [0.5, 0.6) is 17.6 Å². The summed E-state index contributed by atoms with van der Waals surface area (Å²) < 4.78 is 17.9. The van der Waals surface area contributed by atoms with Gasteiger partial charge in [0.1, 0.15) is 11.1 Å². The summed E-state index contributed by atoms with van der Waals surface area (Å²) >= 11 is 14.0. The van der Waals surface area contributed by atoms with Gasteiger partial charge in [0.15, 0.2) is 0 Å². The molecule has 1 saturated carbocycles. The molecule has 2 aliphatic heterocycles. The maximum atomic E-state index is 11.5. The zero-order chi connectivity index (χ0) is 37.7. The van der Waals surface area contributed by atoms with E-state index in [0.29, 0.717) is 53.7 Å². The fourth-order valence-corrected chi connectivity index (χ4v) is 9.20. The molecule has 2 aliphatic carbocycles. The van der Waals surface area contributed by atoms with E-state index in [2.05, 4.69) is 45.6 Å². The molecule has 4 heterocycles. The van der Waals surface area contributed by atoms with Gasteiger partial charge in [0.25, 0.3) is 0 Å². The number of halogens is 2. The summed E-state index contributed by atoms with van der Waals surface area (Å²) in [5, 5.41) is 16.8. The Labute approximate surface area is 324 Å². The largest absolute Gasteiger partial charge is 0.481 e. The predicted octanol–water partition coefficient (Wildman–Crippen LogP) is 6.64. The van der Waals surface area contributed by atoms with Crippen LogP contribution in [0.15, 0.2) is 48.5 Å². The van der Waals surface area contributed by atoms with E-state index in [1.54, 1.807) is 14.2 Å². The first-order valence-corrected chi connectivity index (χ1v) is 19.2. The van der Waals surface area contributed by atoms with Crippen LogP contribution in [0.1, 0.15) is 53.2 Å². The Morgan fingerprint density at radius 2 is 1.70 bits per heavy atom. The number of piperidine rings is 1. The third-order valence-electron chi connectivity index (χ3n) is 11.4. The minimum absolute atomic E-state index is 0.0867. The number of carboxylic acids is 1. The topological polar surface area (TPSA) is 135 Å². The molecule has 0 radical (unpaired) electrons. The summed E-state index contributed by atoms with van der Waals surface area (Å²) in [6.07, 6.45) is 2.65. The van der Waals surface area contributed by atoms with Gasteiger partial charge in [0.2, 0.25) is 23.5 Å². The number of aliphatic carboxylic acids is 1. The van der Waals surface area contributed by atoms with Crippen molar-refractivity contribution in [2.75, 3.05) is 33.9 Å². The number of fused-ring (bicyclic) bond motifs is 2. The molecule has 4 aromatic rings. The number of rotatable bonds is 13. The van der Waals surface area contributed by atoms with Crippen LogP contribution in [0.4, 0.5) is 0 Å². The molecule has 4 aliphatic rings. The zero-order valence-corrected chi connectivity index (χ0v) is 32.0. The average molecular weight is 773 g/mol. The molecule has 54 heavy (non-hydrogen) atoms. The Morgan fingerprint density at radius 3 is 2.43 bits per heavy atom. The third-order valence-corrected chi connectivity index (χ3v) is 12.1. The van der Waals surface area contributed by atoms with E-state index >= 15 is 0 Å². The first-order chi connectivity index (χ1) is 26.1. The second kappa shape index (κ2) is 15.0. The van der Waals surface area contributed by atoms with Crippen molar-refractivity contribution in [3.05, 3.63) is 86.4 Å². The summed E-state index contributed by atoms with van der Waals surface area (Å²) in [5.74, 6) is 0.978. The molecular weight excluding hydrogens is 729 g/mol. The van der Waals surface area contributed by atoms with Crippen LogP contribution >= 0.6 is 23.2 Å². The smallest absolute Gasteiger partial charge is 0.307 e. The van der Waals surface area contributed by atoms with Crippen molar-refractivity contribution in [1.29, 1.82) is 0 Å². The van der Waals surface area contributed by atoms with E-state index in [1.165, 1.54) is 0 Å². The highest BCUT2D eigenvalue weighted by molar-refractivity contribution is 6.36. The molecule has 282 valence electrons. The number of carbonyl (C=O) groups is 2. The summed E-state index contributed by atoms with van der Waals surface area (Å²) in [5.41, 5.74) is 8.55. The van der Waals surface area contributed by atoms with Crippen molar-refractivity contribution in [3.63, 3.8) is 0 Å². The Hall–Kier alpha value is -4.42. The van der Waals surface area contributed by atoms with E-state index in [9.17, 15) is 14.7 Å². The molecule has 2 aromatic heterocycles. The molecule has 3 N–H and O–H groups in total. The molecule has 11 nitrogen and oxygen atoms in total. The molecule has 8 rings (SSSR count). The number of nitrogens with one attached hydrogen (secondary N) is 2. The van der Waals surface area contributed by atoms with E-state index in [-0.39, 0.29) is 35.8 Å². The fourth-order valence-electron chi connectivity index (χ4n) is 8.66. The van der Waals surface area contributed by atoms with Crippen LogP contribution in [0, 0.1) is 24.7 Å². The van der Waals surface area contributed by atoms with Crippen LogP contribution in [-0.2, 0) is 29.1 Å². The summed E-state index contributed by atoms with van der Waals surface area (Å²) in [4.78, 5) is 34.9. The van der Waals surface area contributed by atoms with Gasteiger partial charge in [-0.2, -0.15) is 4.98 Å². The molecular formula is C41H43Cl2N5O6. The number of hydrogen-bond acceptors (Lipinski definition) is 9. The van der Waals surface area contributed by atoms with Gasteiger partial charge in [-0.15, -0.1) is 0 Å². The molecule has 0 spiro atoms. The number of pyridine rings is 2. The van der Waals surface area contributed by atoms with E-state index < -0.39 is 5.97 Å². The van der Waals surface area contributed by atoms with Gasteiger partial charge in [-0.25, -0.2) is 4.98 Å². The number of amides is 1. The van der Waals surface area contributed by atoms with Gasteiger partial charge < -0.3 is 30.0 Å². The second-order valence-electron chi connectivity index (χ2n) is 14.8. The normalized spacial score (nSPS) is 22.8. The summed E-state index contributed by atoms with van der Waals surface area (Å²) in [7, 11) is 3.21. The lowest BCUT2D eigenvalue weighted by atomic mass is 9.94. The van der Waals surface area contributed by atoms with Crippen molar-refractivity contribution in [2.45, 2.75) is 57.8 Å². The third kappa shape index (κ3) is 6.98. The average Bonchev–Trinajstić information content (AvgIpc) is 3.47.